The Morgan fingerprint density at radius 1 is 1.39 bits per heavy atom. The van der Waals surface area contributed by atoms with E-state index in [9.17, 15) is 0 Å². The molecule has 2 fully saturated rings. The molecule has 0 aromatic carbocycles. The predicted molar refractivity (Wildman–Crippen MR) is 74.9 cm³/mol. The second-order valence-electron chi connectivity index (χ2n) is 6.59. The molecule has 18 heavy (non-hydrogen) atoms. The summed E-state index contributed by atoms with van der Waals surface area (Å²) in [5.74, 6) is 1.01. The maximum atomic E-state index is 5.64. The third-order valence-corrected chi connectivity index (χ3v) is 4.86. The fourth-order valence-corrected chi connectivity index (χ4v) is 2.71. The van der Waals surface area contributed by atoms with Crippen LogP contribution in [-0.2, 0) is 4.74 Å². The summed E-state index contributed by atoms with van der Waals surface area (Å²) in [6.07, 6.45) is 2.71. The van der Waals surface area contributed by atoms with Gasteiger partial charge in [-0.25, -0.2) is 0 Å². The Kier molecular flexibility index (Phi) is 3.58. The molecule has 1 atom stereocenters. The molecule has 1 N–H and O–H groups in total. The summed E-state index contributed by atoms with van der Waals surface area (Å²) < 4.78 is 5.64. The lowest BCUT2D eigenvalue weighted by molar-refractivity contribution is -0.0670. The van der Waals surface area contributed by atoms with E-state index >= 15 is 0 Å². The molecular weight excluding hydrogens is 226 g/mol. The average Bonchev–Trinajstić information content (AvgIpc) is 2.81. The molecule has 2 saturated heterocycles. The fraction of sp³-hybridized carbons (Fsp3) is 0.929. The molecule has 0 spiro atoms. The number of nitrogens with zero attached hydrogens (tertiary/aromatic N) is 2. The Hall–Kier alpha value is -0.770. The molecule has 0 aromatic rings. The first-order valence-electron chi connectivity index (χ1n) is 6.98. The molecule has 0 aliphatic carbocycles. The van der Waals surface area contributed by atoms with Gasteiger partial charge in [0.15, 0.2) is 5.96 Å². The Morgan fingerprint density at radius 3 is 2.56 bits per heavy atom. The Labute approximate surface area is 111 Å². The first-order valence-corrected chi connectivity index (χ1v) is 6.98. The lowest BCUT2D eigenvalue weighted by Crippen LogP contribution is -2.72. The number of guanidine groups is 1. The highest BCUT2D eigenvalue weighted by Crippen LogP contribution is 2.46. The number of likely N-dealkylation sites (tertiary alicyclic amines) is 1. The molecular formula is C14H27N3O. The van der Waals surface area contributed by atoms with Crippen molar-refractivity contribution in [2.45, 2.75) is 52.2 Å². The van der Waals surface area contributed by atoms with Gasteiger partial charge in [-0.1, -0.05) is 13.8 Å². The molecule has 2 aliphatic rings. The van der Waals surface area contributed by atoms with Gasteiger partial charge in [0.25, 0.3) is 0 Å². The maximum absolute atomic E-state index is 5.64. The van der Waals surface area contributed by atoms with Gasteiger partial charge in [0.2, 0.25) is 0 Å². The van der Waals surface area contributed by atoms with Crippen LogP contribution in [0.15, 0.2) is 4.99 Å². The van der Waals surface area contributed by atoms with Crippen molar-refractivity contribution in [2.75, 3.05) is 26.7 Å². The Morgan fingerprint density at radius 2 is 2.11 bits per heavy atom. The van der Waals surface area contributed by atoms with Crippen LogP contribution in [0, 0.1) is 5.41 Å². The van der Waals surface area contributed by atoms with Crippen molar-refractivity contribution in [2.24, 2.45) is 10.4 Å². The van der Waals surface area contributed by atoms with Crippen LogP contribution in [-0.4, -0.2) is 49.2 Å². The molecule has 0 saturated carbocycles. The number of hydrogen-bond donors (Lipinski definition) is 1. The van der Waals surface area contributed by atoms with Crippen LogP contribution in [0.2, 0.25) is 0 Å². The summed E-state index contributed by atoms with van der Waals surface area (Å²) in [4.78, 5) is 6.77. The van der Waals surface area contributed by atoms with Gasteiger partial charge in [-0.3, -0.25) is 4.99 Å². The molecule has 1 unspecified atom stereocenters. The summed E-state index contributed by atoms with van der Waals surface area (Å²) in [7, 11) is 1.86. The largest absolute Gasteiger partial charge is 0.376 e. The molecule has 4 nitrogen and oxygen atoms in total. The van der Waals surface area contributed by atoms with E-state index in [-0.39, 0.29) is 5.54 Å². The summed E-state index contributed by atoms with van der Waals surface area (Å²) in [6.45, 7) is 12.1. The van der Waals surface area contributed by atoms with Gasteiger partial charge in [0, 0.05) is 37.7 Å². The number of nitrogens with one attached hydrogen (secondary N) is 1. The Bertz CT molecular complexity index is 330. The van der Waals surface area contributed by atoms with E-state index in [1.165, 1.54) is 12.8 Å². The second kappa shape index (κ2) is 4.72. The number of aliphatic imine (C=N–C) groups is 1. The minimum Gasteiger partial charge on any atom is -0.376 e. The molecule has 2 heterocycles. The third kappa shape index (κ3) is 2.22. The highest BCUT2D eigenvalue weighted by molar-refractivity contribution is 5.82. The van der Waals surface area contributed by atoms with Crippen molar-refractivity contribution < 1.29 is 4.74 Å². The van der Waals surface area contributed by atoms with Crippen LogP contribution >= 0.6 is 0 Å². The quantitative estimate of drug-likeness (QED) is 0.603. The molecule has 2 rings (SSSR count). The van der Waals surface area contributed by atoms with E-state index in [2.05, 4.69) is 42.9 Å². The molecule has 0 radical (unpaired) electrons. The number of rotatable bonds is 2. The smallest absolute Gasteiger partial charge is 0.194 e. The van der Waals surface area contributed by atoms with Crippen LogP contribution in [0.1, 0.15) is 40.5 Å². The highest BCUT2D eigenvalue weighted by Gasteiger charge is 2.53. The number of hydrogen-bond acceptors (Lipinski definition) is 2. The minimum atomic E-state index is 0.158. The lowest BCUT2D eigenvalue weighted by Gasteiger charge is -2.62. The lowest BCUT2D eigenvalue weighted by atomic mass is 9.65. The van der Waals surface area contributed by atoms with E-state index in [0.29, 0.717) is 11.5 Å². The van der Waals surface area contributed by atoms with E-state index in [1.54, 1.807) is 0 Å². The molecule has 2 aliphatic heterocycles. The van der Waals surface area contributed by atoms with Crippen molar-refractivity contribution in [3.05, 3.63) is 0 Å². The first-order chi connectivity index (χ1) is 8.38. The monoisotopic (exact) mass is 253 g/mol. The Balaban J connectivity index is 1.90. The van der Waals surface area contributed by atoms with Crippen LogP contribution in [0.4, 0.5) is 0 Å². The van der Waals surface area contributed by atoms with Gasteiger partial charge in [-0.2, -0.15) is 0 Å². The zero-order valence-corrected chi connectivity index (χ0v) is 12.4. The summed E-state index contributed by atoms with van der Waals surface area (Å²) in [6, 6.07) is 0. The topological polar surface area (TPSA) is 36.9 Å². The van der Waals surface area contributed by atoms with Crippen molar-refractivity contribution in [3.8, 4) is 0 Å². The van der Waals surface area contributed by atoms with Crippen molar-refractivity contribution in [1.82, 2.24) is 10.2 Å². The fourth-order valence-electron chi connectivity index (χ4n) is 2.71. The highest BCUT2D eigenvalue weighted by atomic mass is 16.5. The molecule has 0 bridgehead atoms. The van der Waals surface area contributed by atoms with Crippen LogP contribution in [0.25, 0.3) is 0 Å². The molecule has 0 amide bonds. The minimum absolute atomic E-state index is 0.158. The van der Waals surface area contributed by atoms with Crippen LogP contribution < -0.4 is 5.32 Å². The predicted octanol–water partition coefficient (Wildman–Crippen LogP) is 1.86. The SMILES string of the molecule is CN=C(NCC1CCCO1)N1CC(C)(C)C1(C)C. The van der Waals surface area contributed by atoms with Gasteiger partial charge in [0.1, 0.15) is 0 Å². The average molecular weight is 253 g/mol. The third-order valence-electron chi connectivity index (χ3n) is 4.86. The van der Waals surface area contributed by atoms with Gasteiger partial charge < -0.3 is 15.0 Å². The van der Waals surface area contributed by atoms with Gasteiger partial charge >= 0.3 is 0 Å². The van der Waals surface area contributed by atoms with Gasteiger partial charge in [0.05, 0.1) is 6.10 Å². The summed E-state index contributed by atoms with van der Waals surface area (Å²) in [5, 5.41) is 3.46. The van der Waals surface area contributed by atoms with Crippen molar-refractivity contribution in [3.63, 3.8) is 0 Å². The van der Waals surface area contributed by atoms with E-state index in [0.717, 1.165) is 25.7 Å². The van der Waals surface area contributed by atoms with Gasteiger partial charge in [-0.15, -0.1) is 0 Å². The van der Waals surface area contributed by atoms with E-state index < -0.39 is 0 Å². The van der Waals surface area contributed by atoms with E-state index in [4.69, 9.17) is 4.74 Å². The van der Waals surface area contributed by atoms with Gasteiger partial charge in [-0.05, 0) is 26.7 Å². The van der Waals surface area contributed by atoms with Crippen LogP contribution in [0.5, 0.6) is 0 Å². The second-order valence-corrected chi connectivity index (χ2v) is 6.59. The zero-order chi connectivity index (χ0) is 13.4. The standard InChI is InChI=1S/C14H27N3O/c1-13(2)10-17(14(13,3)4)12(15-5)16-9-11-7-6-8-18-11/h11H,6-10H2,1-5H3,(H,15,16). The van der Waals surface area contributed by atoms with E-state index in [1.807, 2.05) is 7.05 Å². The molecule has 104 valence electrons. The molecule has 0 aromatic heterocycles. The van der Waals surface area contributed by atoms with Crippen LogP contribution in [0.3, 0.4) is 0 Å². The first kappa shape index (κ1) is 13.7. The van der Waals surface area contributed by atoms with Crippen molar-refractivity contribution in [1.29, 1.82) is 0 Å². The maximum Gasteiger partial charge on any atom is 0.194 e. The summed E-state index contributed by atoms with van der Waals surface area (Å²) >= 11 is 0. The normalized spacial score (nSPS) is 30.2. The summed E-state index contributed by atoms with van der Waals surface area (Å²) in [5.41, 5.74) is 0.500. The molecule has 4 heteroatoms. The van der Waals surface area contributed by atoms with Crippen molar-refractivity contribution >= 4 is 5.96 Å². The zero-order valence-electron chi connectivity index (χ0n) is 12.4. The number of ether oxygens (including phenoxy) is 1.